The van der Waals surface area contributed by atoms with E-state index in [4.69, 9.17) is 11.5 Å². The predicted molar refractivity (Wildman–Crippen MR) is 124 cm³/mol. The summed E-state index contributed by atoms with van der Waals surface area (Å²) in [5, 5.41) is 2.33. The number of nitrogens with two attached hydrogens (primary N) is 2. The number of nitrogen functional groups attached to an aromatic ring is 1. The Balaban J connectivity index is 1.67. The van der Waals surface area contributed by atoms with Gasteiger partial charge in [0.25, 0.3) is 5.56 Å². The lowest BCUT2D eigenvalue weighted by atomic mass is 10.0. The van der Waals surface area contributed by atoms with Crippen molar-refractivity contribution < 1.29 is 18.0 Å². The van der Waals surface area contributed by atoms with E-state index in [0.29, 0.717) is 43.8 Å². The van der Waals surface area contributed by atoms with Gasteiger partial charge in [-0.25, -0.2) is 9.78 Å². The zero-order valence-corrected chi connectivity index (χ0v) is 19.1. The number of urea groups is 1. The molecule has 34 heavy (non-hydrogen) atoms. The maximum Gasteiger partial charge on any atom is 0.417 e. The second-order valence-electron chi connectivity index (χ2n) is 8.05. The summed E-state index contributed by atoms with van der Waals surface area (Å²) in [4.78, 5) is 36.5. The van der Waals surface area contributed by atoms with Crippen LogP contribution in [-0.4, -0.2) is 59.5 Å². The molecule has 0 spiro atoms. The maximum atomic E-state index is 13.1. The molecule has 10 nitrogen and oxygen atoms in total. The molecule has 184 valence electrons. The van der Waals surface area contributed by atoms with Gasteiger partial charge in [0.15, 0.2) is 0 Å². The SMILES string of the molecule is CN=C(N)c1cc(N2CCC(N(C)C(=O)Nc3cc(C(F)(F)F)cn(C)c3=O)CC2)cnc1N. The van der Waals surface area contributed by atoms with Crippen molar-refractivity contribution in [2.24, 2.45) is 17.8 Å². The number of nitrogens with one attached hydrogen (secondary N) is 1. The molecule has 2 amide bonds. The summed E-state index contributed by atoms with van der Waals surface area (Å²) in [5.41, 5.74) is 10.9. The molecule has 2 aromatic rings. The summed E-state index contributed by atoms with van der Waals surface area (Å²) in [7, 11) is 4.31. The van der Waals surface area contributed by atoms with Gasteiger partial charge in [-0.1, -0.05) is 0 Å². The van der Waals surface area contributed by atoms with Crippen LogP contribution in [-0.2, 0) is 13.2 Å². The third kappa shape index (κ3) is 5.24. The number of aliphatic imine (C=N–C) groups is 1. The smallest absolute Gasteiger partial charge is 0.383 e. The molecule has 3 heterocycles. The van der Waals surface area contributed by atoms with Gasteiger partial charge in [0.2, 0.25) is 0 Å². The highest BCUT2D eigenvalue weighted by atomic mass is 19.4. The summed E-state index contributed by atoms with van der Waals surface area (Å²) >= 11 is 0. The Bertz CT molecular complexity index is 1150. The Morgan fingerprint density at radius 3 is 2.53 bits per heavy atom. The van der Waals surface area contributed by atoms with Crippen molar-refractivity contribution in [3.8, 4) is 0 Å². The van der Waals surface area contributed by atoms with E-state index in [-0.39, 0.29) is 17.7 Å². The van der Waals surface area contributed by atoms with Crippen LogP contribution >= 0.6 is 0 Å². The molecule has 0 aliphatic carbocycles. The number of hydrogen-bond donors (Lipinski definition) is 3. The van der Waals surface area contributed by atoms with Crippen LogP contribution in [0.5, 0.6) is 0 Å². The predicted octanol–water partition coefficient (Wildman–Crippen LogP) is 1.85. The van der Waals surface area contributed by atoms with Gasteiger partial charge < -0.3 is 31.2 Å². The molecule has 1 fully saturated rings. The van der Waals surface area contributed by atoms with Gasteiger partial charge in [-0.3, -0.25) is 9.79 Å². The number of alkyl halides is 3. The van der Waals surface area contributed by atoms with Gasteiger partial charge in [-0.05, 0) is 25.0 Å². The molecule has 0 bridgehead atoms. The fourth-order valence-electron chi connectivity index (χ4n) is 3.80. The van der Waals surface area contributed by atoms with Gasteiger partial charge in [-0.15, -0.1) is 0 Å². The van der Waals surface area contributed by atoms with Crippen molar-refractivity contribution in [1.29, 1.82) is 0 Å². The molecule has 1 saturated heterocycles. The summed E-state index contributed by atoms with van der Waals surface area (Å²) in [6, 6.07) is 1.63. The molecular weight excluding hydrogens is 453 g/mol. The van der Waals surface area contributed by atoms with Crippen LogP contribution in [0, 0.1) is 0 Å². The quantitative estimate of drug-likeness (QED) is 0.452. The normalized spacial score (nSPS) is 15.4. The molecule has 0 atom stereocenters. The minimum Gasteiger partial charge on any atom is -0.383 e. The molecule has 1 aliphatic rings. The number of carbonyl (C=O) groups is 1. The third-order valence-corrected chi connectivity index (χ3v) is 5.87. The zero-order chi connectivity index (χ0) is 25.2. The van der Waals surface area contributed by atoms with Crippen LogP contribution in [0.3, 0.4) is 0 Å². The second-order valence-corrected chi connectivity index (χ2v) is 8.05. The number of carbonyl (C=O) groups excluding carboxylic acids is 1. The first kappa shape index (κ1) is 24.9. The van der Waals surface area contributed by atoms with Crippen molar-refractivity contribution in [2.45, 2.75) is 25.1 Å². The van der Waals surface area contributed by atoms with Gasteiger partial charge in [0.1, 0.15) is 17.3 Å². The average Bonchev–Trinajstić information content (AvgIpc) is 2.80. The highest BCUT2D eigenvalue weighted by Gasteiger charge is 2.33. The van der Waals surface area contributed by atoms with Gasteiger partial charge in [0, 0.05) is 46.5 Å². The van der Waals surface area contributed by atoms with E-state index in [0.717, 1.165) is 10.3 Å². The van der Waals surface area contributed by atoms with Crippen molar-refractivity contribution in [3.05, 3.63) is 46.0 Å². The lowest BCUT2D eigenvalue weighted by Crippen LogP contribution is -2.47. The molecule has 0 unspecified atom stereocenters. The van der Waals surface area contributed by atoms with Crippen LogP contribution < -0.4 is 27.2 Å². The van der Waals surface area contributed by atoms with Crippen LogP contribution in [0.2, 0.25) is 0 Å². The highest BCUT2D eigenvalue weighted by molar-refractivity contribution is 6.01. The molecule has 1 aliphatic heterocycles. The number of halogens is 3. The lowest BCUT2D eigenvalue weighted by molar-refractivity contribution is -0.138. The summed E-state index contributed by atoms with van der Waals surface area (Å²) < 4.78 is 40.1. The first-order chi connectivity index (χ1) is 15.9. The van der Waals surface area contributed by atoms with E-state index < -0.39 is 29.0 Å². The Hall–Kier alpha value is -3.77. The number of aromatic nitrogens is 2. The van der Waals surface area contributed by atoms with E-state index in [2.05, 4.69) is 20.2 Å². The Kier molecular flexibility index (Phi) is 7.03. The van der Waals surface area contributed by atoms with Crippen LogP contribution in [0.4, 0.5) is 35.2 Å². The summed E-state index contributed by atoms with van der Waals surface area (Å²) in [6.45, 7) is 1.20. The molecule has 0 saturated carbocycles. The van der Waals surface area contributed by atoms with Gasteiger partial charge in [0.05, 0.1) is 23.0 Å². The molecule has 13 heteroatoms. The molecule has 5 N–H and O–H groups in total. The van der Waals surface area contributed by atoms with Crippen LogP contribution in [0.1, 0.15) is 24.0 Å². The van der Waals surface area contributed by atoms with Crippen molar-refractivity contribution in [3.63, 3.8) is 0 Å². The third-order valence-electron chi connectivity index (χ3n) is 5.87. The minimum atomic E-state index is -4.64. The van der Waals surface area contributed by atoms with Crippen LogP contribution in [0.25, 0.3) is 0 Å². The first-order valence-corrected chi connectivity index (χ1v) is 10.5. The Labute approximate surface area is 194 Å². The average molecular weight is 480 g/mol. The van der Waals surface area contributed by atoms with E-state index in [1.54, 1.807) is 20.3 Å². The molecule has 2 aromatic heterocycles. The number of anilines is 3. The fraction of sp³-hybridized carbons (Fsp3) is 0.429. The Morgan fingerprint density at radius 2 is 1.94 bits per heavy atom. The number of pyridine rings is 2. The summed E-state index contributed by atoms with van der Waals surface area (Å²) in [5.74, 6) is 0.553. The minimum absolute atomic E-state index is 0.172. The van der Waals surface area contributed by atoms with Gasteiger partial charge >= 0.3 is 12.2 Å². The number of aryl methyl sites for hydroxylation is 1. The molecule has 0 aromatic carbocycles. The van der Waals surface area contributed by atoms with E-state index >= 15 is 0 Å². The number of piperidine rings is 1. The zero-order valence-electron chi connectivity index (χ0n) is 19.1. The molecule has 3 rings (SSSR count). The lowest BCUT2D eigenvalue weighted by Gasteiger charge is -2.37. The van der Waals surface area contributed by atoms with Crippen LogP contribution in [0.15, 0.2) is 34.3 Å². The fourth-order valence-corrected chi connectivity index (χ4v) is 3.80. The Morgan fingerprint density at radius 1 is 1.29 bits per heavy atom. The number of hydrogen-bond acceptors (Lipinski definition) is 6. The van der Waals surface area contributed by atoms with Crippen molar-refractivity contribution in [2.75, 3.05) is 43.1 Å². The number of amides is 2. The number of amidine groups is 1. The highest BCUT2D eigenvalue weighted by Crippen LogP contribution is 2.30. The van der Waals surface area contributed by atoms with Crippen molar-refractivity contribution >= 4 is 29.1 Å². The second kappa shape index (κ2) is 9.61. The van der Waals surface area contributed by atoms with Gasteiger partial charge in [-0.2, -0.15) is 13.2 Å². The largest absolute Gasteiger partial charge is 0.417 e. The number of rotatable bonds is 4. The van der Waals surface area contributed by atoms with E-state index in [1.165, 1.54) is 11.9 Å². The monoisotopic (exact) mass is 480 g/mol. The molecule has 0 radical (unpaired) electrons. The van der Waals surface area contributed by atoms with Crippen molar-refractivity contribution in [1.82, 2.24) is 14.5 Å². The number of nitrogens with zero attached hydrogens (tertiary/aromatic N) is 5. The molecular formula is C21H27F3N8O2. The van der Waals surface area contributed by atoms with E-state index in [1.807, 2.05) is 6.07 Å². The first-order valence-electron chi connectivity index (χ1n) is 10.5. The topological polar surface area (TPSA) is 135 Å². The maximum absolute atomic E-state index is 13.1. The standard InChI is InChI=1S/C21H27F3N8O2/c1-27-17(25)15-9-14(10-28-18(15)26)32-6-4-13(5-7-32)31(3)20(34)29-16-8-12(21(22,23)24)11-30(2)19(16)33/h8-11,13H,4-7H2,1-3H3,(H2,25,27)(H2,26,28)(H,29,34). The summed E-state index contributed by atoms with van der Waals surface area (Å²) in [6.07, 6.45) is -1.12. The van der Waals surface area contributed by atoms with E-state index in [9.17, 15) is 22.8 Å².